The van der Waals surface area contributed by atoms with Crippen LogP contribution in [0.15, 0.2) is 28.8 Å². The summed E-state index contributed by atoms with van der Waals surface area (Å²) in [6.45, 7) is 14.3. The first-order valence-corrected chi connectivity index (χ1v) is 10.5. The minimum absolute atomic E-state index is 0.102. The van der Waals surface area contributed by atoms with E-state index in [1.54, 1.807) is 0 Å². The minimum Gasteiger partial charge on any atom is -0.350 e. The Morgan fingerprint density at radius 3 is 2.48 bits per heavy atom. The summed E-state index contributed by atoms with van der Waals surface area (Å²) in [5.41, 5.74) is 2.00. The third-order valence-electron chi connectivity index (χ3n) is 5.82. The second-order valence-electron chi connectivity index (χ2n) is 8.59. The monoisotopic (exact) mass is 399 g/mol. The van der Waals surface area contributed by atoms with Crippen molar-refractivity contribution in [2.45, 2.75) is 59.2 Å². The van der Waals surface area contributed by atoms with Gasteiger partial charge < -0.3 is 9.84 Å². The first-order chi connectivity index (χ1) is 13.8. The molecule has 0 bridgehead atoms. The molecule has 2 aromatic rings. The molecule has 3 rings (SSSR count). The first-order valence-electron chi connectivity index (χ1n) is 10.5. The van der Waals surface area contributed by atoms with Crippen molar-refractivity contribution in [3.8, 4) is 11.4 Å². The third-order valence-corrected chi connectivity index (χ3v) is 5.82. The second kappa shape index (κ2) is 9.05. The van der Waals surface area contributed by atoms with Crippen molar-refractivity contribution in [2.75, 3.05) is 26.2 Å². The fourth-order valence-electron chi connectivity index (χ4n) is 3.33. The van der Waals surface area contributed by atoms with E-state index in [1.807, 2.05) is 31.2 Å². The van der Waals surface area contributed by atoms with Gasteiger partial charge in [0.25, 0.3) is 0 Å². The lowest BCUT2D eigenvalue weighted by Gasteiger charge is -2.38. The number of aromatic nitrogens is 2. The molecule has 158 valence electrons. The molecular formula is C22H33N5O2. The number of carbonyl (C=O) groups excluding carboxylic acids is 1. The maximum absolute atomic E-state index is 12.5. The van der Waals surface area contributed by atoms with Gasteiger partial charge in [0.1, 0.15) is 0 Å². The molecule has 1 unspecified atom stereocenters. The summed E-state index contributed by atoms with van der Waals surface area (Å²) >= 11 is 0. The highest BCUT2D eigenvalue weighted by Gasteiger charge is 2.29. The van der Waals surface area contributed by atoms with E-state index < -0.39 is 0 Å². The Kier molecular flexibility index (Phi) is 6.70. The predicted octanol–water partition coefficient (Wildman–Crippen LogP) is 2.86. The molecule has 1 aromatic carbocycles. The molecule has 1 aliphatic heterocycles. The molecule has 7 nitrogen and oxygen atoms in total. The van der Waals surface area contributed by atoms with E-state index in [0.29, 0.717) is 18.3 Å². The molecule has 1 aromatic heterocycles. The Morgan fingerprint density at radius 2 is 1.86 bits per heavy atom. The normalized spacial score (nSPS) is 17.3. The molecule has 0 spiro atoms. The summed E-state index contributed by atoms with van der Waals surface area (Å²) in [4.78, 5) is 21.6. The van der Waals surface area contributed by atoms with Crippen LogP contribution in [0.2, 0.25) is 0 Å². The van der Waals surface area contributed by atoms with Gasteiger partial charge in [-0.25, -0.2) is 0 Å². The summed E-state index contributed by atoms with van der Waals surface area (Å²) in [5, 5.41) is 7.26. The molecule has 1 N–H and O–H groups in total. The van der Waals surface area contributed by atoms with E-state index in [2.05, 4.69) is 53.0 Å². The first kappa shape index (κ1) is 21.5. The molecule has 0 radical (unpaired) electrons. The molecular weight excluding hydrogens is 366 g/mol. The number of amides is 1. The van der Waals surface area contributed by atoms with Crippen molar-refractivity contribution in [3.63, 3.8) is 0 Å². The van der Waals surface area contributed by atoms with Crippen LogP contribution in [0.1, 0.15) is 45.6 Å². The van der Waals surface area contributed by atoms with Gasteiger partial charge in [0.15, 0.2) is 0 Å². The average Bonchev–Trinajstić information content (AvgIpc) is 3.16. The summed E-state index contributed by atoms with van der Waals surface area (Å²) in [5.74, 6) is 1.36. The molecule has 1 saturated heterocycles. The van der Waals surface area contributed by atoms with E-state index >= 15 is 0 Å². The summed E-state index contributed by atoms with van der Waals surface area (Å²) in [7, 11) is 0. The molecule has 7 heteroatoms. The molecule has 1 atom stereocenters. The van der Waals surface area contributed by atoms with Crippen LogP contribution in [0.3, 0.4) is 0 Å². The lowest BCUT2D eigenvalue weighted by molar-refractivity contribution is -0.128. The highest BCUT2D eigenvalue weighted by molar-refractivity contribution is 5.82. The lowest BCUT2D eigenvalue weighted by atomic mass is 10.0. The van der Waals surface area contributed by atoms with Gasteiger partial charge in [0, 0.05) is 37.3 Å². The van der Waals surface area contributed by atoms with Gasteiger partial charge in [0.2, 0.25) is 17.6 Å². The lowest BCUT2D eigenvalue weighted by Crippen LogP contribution is -2.56. The van der Waals surface area contributed by atoms with E-state index in [4.69, 9.17) is 4.52 Å². The Morgan fingerprint density at radius 1 is 1.21 bits per heavy atom. The zero-order valence-electron chi connectivity index (χ0n) is 18.2. The number of rotatable bonds is 7. The maximum atomic E-state index is 12.5. The molecule has 0 saturated carbocycles. The topological polar surface area (TPSA) is 74.5 Å². The zero-order chi connectivity index (χ0) is 21.0. The Hall–Kier alpha value is -2.25. The fourth-order valence-corrected chi connectivity index (χ4v) is 3.33. The second-order valence-corrected chi connectivity index (χ2v) is 8.59. The van der Waals surface area contributed by atoms with Gasteiger partial charge in [-0.15, -0.1) is 0 Å². The van der Waals surface area contributed by atoms with Gasteiger partial charge in [-0.1, -0.05) is 41.9 Å². The van der Waals surface area contributed by atoms with E-state index in [9.17, 15) is 4.79 Å². The minimum atomic E-state index is -0.166. The van der Waals surface area contributed by atoms with Crippen molar-refractivity contribution in [1.82, 2.24) is 25.3 Å². The van der Waals surface area contributed by atoms with Crippen LogP contribution in [-0.4, -0.2) is 63.6 Å². The molecule has 1 amide bonds. The largest absolute Gasteiger partial charge is 0.350 e. The van der Waals surface area contributed by atoms with Crippen molar-refractivity contribution in [1.29, 1.82) is 0 Å². The molecule has 1 fully saturated rings. The highest BCUT2D eigenvalue weighted by Crippen LogP contribution is 2.18. The number of nitrogens with one attached hydrogen (secondary N) is 1. The summed E-state index contributed by atoms with van der Waals surface area (Å²) in [6, 6.07) is 7.98. The third kappa shape index (κ3) is 5.64. The number of aryl methyl sites for hydroxylation is 1. The Labute approximate surface area is 173 Å². The van der Waals surface area contributed by atoms with Crippen LogP contribution in [-0.2, 0) is 11.3 Å². The van der Waals surface area contributed by atoms with Crippen LogP contribution >= 0.6 is 0 Å². The number of nitrogens with zero attached hydrogens (tertiary/aromatic N) is 4. The number of benzene rings is 1. The summed E-state index contributed by atoms with van der Waals surface area (Å²) in [6.07, 6.45) is 0.911. The summed E-state index contributed by atoms with van der Waals surface area (Å²) < 4.78 is 5.45. The zero-order valence-corrected chi connectivity index (χ0v) is 18.2. The molecule has 2 heterocycles. The standard InChI is InChI=1S/C22H33N5O2/c1-6-22(4,5)24-21(28)17(3)27-13-11-26(12-14-27)15-19-23-20(25-29-19)18-9-7-16(2)8-10-18/h7-10,17H,6,11-15H2,1-5H3,(H,24,28). The average molecular weight is 400 g/mol. The quantitative estimate of drug-likeness (QED) is 0.772. The predicted molar refractivity (Wildman–Crippen MR) is 113 cm³/mol. The molecule has 0 aliphatic carbocycles. The van der Waals surface area contributed by atoms with Crippen molar-refractivity contribution in [2.24, 2.45) is 0 Å². The van der Waals surface area contributed by atoms with Gasteiger partial charge >= 0.3 is 0 Å². The van der Waals surface area contributed by atoms with Gasteiger partial charge in [-0.3, -0.25) is 14.6 Å². The SMILES string of the molecule is CCC(C)(C)NC(=O)C(C)N1CCN(Cc2nc(-c3ccc(C)cc3)no2)CC1. The number of piperazine rings is 1. The Bertz CT molecular complexity index is 807. The number of carbonyl (C=O) groups is 1. The van der Waals surface area contributed by atoms with Crippen LogP contribution in [0.4, 0.5) is 0 Å². The van der Waals surface area contributed by atoms with Crippen molar-refractivity contribution < 1.29 is 9.32 Å². The highest BCUT2D eigenvalue weighted by atomic mass is 16.5. The number of hydrogen-bond acceptors (Lipinski definition) is 6. The maximum Gasteiger partial charge on any atom is 0.241 e. The van der Waals surface area contributed by atoms with Crippen molar-refractivity contribution in [3.05, 3.63) is 35.7 Å². The fraction of sp³-hybridized carbons (Fsp3) is 0.591. The van der Waals surface area contributed by atoms with Crippen molar-refractivity contribution >= 4 is 5.91 Å². The van der Waals surface area contributed by atoms with Crippen LogP contribution in [0.5, 0.6) is 0 Å². The van der Waals surface area contributed by atoms with Crippen LogP contribution in [0.25, 0.3) is 11.4 Å². The van der Waals surface area contributed by atoms with E-state index in [0.717, 1.165) is 38.2 Å². The van der Waals surface area contributed by atoms with Gasteiger partial charge in [-0.2, -0.15) is 4.98 Å². The van der Waals surface area contributed by atoms with E-state index in [-0.39, 0.29) is 17.5 Å². The smallest absolute Gasteiger partial charge is 0.241 e. The van der Waals surface area contributed by atoms with Gasteiger partial charge in [-0.05, 0) is 34.1 Å². The van der Waals surface area contributed by atoms with Gasteiger partial charge in [0.05, 0.1) is 12.6 Å². The van der Waals surface area contributed by atoms with Crippen LogP contribution < -0.4 is 5.32 Å². The Balaban J connectivity index is 1.50. The molecule has 1 aliphatic rings. The van der Waals surface area contributed by atoms with E-state index in [1.165, 1.54) is 5.56 Å². The van der Waals surface area contributed by atoms with Crippen LogP contribution in [0, 0.1) is 6.92 Å². The molecule has 29 heavy (non-hydrogen) atoms. The number of hydrogen-bond donors (Lipinski definition) is 1.